The van der Waals surface area contributed by atoms with Crippen LogP contribution in [0.3, 0.4) is 0 Å². The van der Waals surface area contributed by atoms with E-state index in [0.29, 0.717) is 6.61 Å². The lowest BCUT2D eigenvalue weighted by Crippen LogP contribution is -2.51. The highest BCUT2D eigenvalue weighted by molar-refractivity contribution is 5.29. The lowest BCUT2D eigenvalue weighted by atomic mass is 9.79. The van der Waals surface area contributed by atoms with Crippen LogP contribution < -0.4 is 5.32 Å². The van der Waals surface area contributed by atoms with Gasteiger partial charge in [0.2, 0.25) is 0 Å². The number of rotatable bonds is 3. The van der Waals surface area contributed by atoms with Gasteiger partial charge in [0.25, 0.3) is 0 Å². The zero-order chi connectivity index (χ0) is 14.8. The van der Waals surface area contributed by atoms with Crippen LogP contribution in [-0.4, -0.2) is 25.8 Å². The molecule has 0 amide bonds. The Labute approximate surface area is 117 Å². The molecule has 0 aromatic heterocycles. The van der Waals surface area contributed by atoms with Crippen LogP contribution in [0, 0.1) is 0 Å². The van der Waals surface area contributed by atoms with Crippen molar-refractivity contribution in [2.75, 3.05) is 20.3 Å². The van der Waals surface area contributed by atoms with Crippen LogP contribution in [0.2, 0.25) is 0 Å². The summed E-state index contributed by atoms with van der Waals surface area (Å²) in [6.45, 7) is 3.40. The molecule has 1 aromatic carbocycles. The van der Waals surface area contributed by atoms with E-state index in [-0.39, 0.29) is 11.5 Å². The topological polar surface area (TPSA) is 21.3 Å². The highest BCUT2D eigenvalue weighted by Crippen LogP contribution is 2.36. The molecule has 2 unspecified atom stereocenters. The van der Waals surface area contributed by atoms with Crippen molar-refractivity contribution in [3.8, 4) is 0 Å². The lowest BCUT2D eigenvalue weighted by molar-refractivity contribution is -0.137. The Morgan fingerprint density at radius 3 is 2.80 bits per heavy atom. The summed E-state index contributed by atoms with van der Waals surface area (Å²) in [7, 11) is 1.64. The predicted octanol–water partition coefficient (Wildman–Crippen LogP) is 3.58. The fourth-order valence-electron chi connectivity index (χ4n) is 2.95. The predicted molar refractivity (Wildman–Crippen MR) is 71.7 cm³/mol. The molecule has 2 nitrogen and oxygen atoms in total. The van der Waals surface area contributed by atoms with Gasteiger partial charge in [0.1, 0.15) is 0 Å². The molecule has 0 bridgehead atoms. The second-order valence-electron chi connectivity index (χ2n) is 5.73. The van der Waals surface area contributed by atoms with Crippen molar-refractivity contribution < 1.29 is 17.9 Å². The molecule has 1 aliphatic rings. The summed E-state index contributed by atoms with van der Waals surface area (Å²) in [4.78, 5) is 0. The Kier molecular flexibility index (Phi) is 4.39. The van der Waals surface area contributed by atoms with E-state index < -0.39 is 11.7 Å². The van der Waals surface area contributed by atoms with E-state index in [0.717, 1.165) is 31.0 Å². The SMILES string of the molecule is COCC1(C)CC(c2cccc(C(F)(F)F)c2)CCN1. The zero-order valence-electron chi connectivity index (χ0n) is 11.8. The first kappa shape index (κ1) is 15.3. The second kappa shape index (κ2) is 5.74. The van der Waals surface area contributed by atoms with Crippen molar-refractivity contribution in [2.24, 2.45) is 0 Å². The maximum Gasteiger partial charge on any atom is 0.416 e. The molecule has 1 saturated heterocycles. The number of hydrogen-bond acceptors (Lipinski definition) is 2. The molecule has 5 heteroatoms. The quantitative estimate of drug-likeness (QED) is 0.917. The number of methoxy groups -OCH3 is 1. The Balaban J connectivity index is 2.19. The second-order valence-corrected chi connectivity index (χ2v) is 5.73. The molecule has 1 aromatic rings. The Morgan fingerprint density at radius 1 is 1.40 bits per heavy atom. The number of piperidine rings is 1. The normalized spacial score (nSPS) is 27.6. The fraction of sp³-hybridized carbons (Fsp3) is 0.600. The summed E-state index contributed by atoms with van der Waals surface area (Å²) in [6.07, 6.45) is -2.65. The molecule has 20 heavy (non-hydrogen) atoms. The van der Waals surface area contributed by atoms with Crippen molar-refractivity contribution >= 4 is 0 Å². The highest BCUT2D eigenvalue weighted by Gasteiger charge is 2.34. The Morgan fingerprint density at radius 2 is 2.15 bits per heavy atom. The standard InChI is InChI=1S/C15H20F3NO/c1-14(10-20-2)9-12(6-7-19-14)11-4-3-5-13(8-11)15(16,17)18/h3-5,8,12,19H,6-7,9-10H2,1-2H3. The number of ether oxygens (including phenoxy) is 1. The van der Waals surface area contributed by atoms with Crippen LogP contribution in [0.5, 0.6) is 0 Å². The first-order valence-electron chi connectivity index (χ1n) is 6.75. The number of hydrogen-bond donors (Lipinski definition) is 1. The summed E-state index contributed by atoms with van der Waals surface area (Å²) in [5, 5.41) is 3.39. The third kappa shape index (κ3) is 3.52. The van der Waals surface area contributed by atoms with E-state index in [1.807, 2.05) is 0 Å². The number of halogens is 3. The van der Waals surface area contributed by atoms with Crippen molar-refractivity contribution in [3.05, 3.63) is 35.4 Å². The number of nitrogens with one attached hydrogen (secondary N) is 1. The third-order valence-corrected chi connectivity index (χ3v) is 3.89. The Hall–Kier alpha value is -1.07. The van der Waals surface area contributed by atoms with Gasteiger partial charge in [0.05, 0.1) is 12.2 Å². The van der Waals surface area contributed by atoms with Crippen molar-refractivity contribution in [1.82, 2.24) is 5.32 Å². The largest absolute Gasteiger partial charge is 0.416 e. The van der Waals surface area contributed by atoms with Gasteiger partial charge in [0, 0.05) is 12.6 Å². The summed E-state index contributed by atoms with van der Waals surface area (Å²) >= 11 is 0. The van der Waals surface area contributed by atoms with Crippen LogP contribution in [0.25, 0.3) is 0 Å². The van der Waals surface area contributed by atoms with Gasteiger partial charge in [-0.05, 0) is 43.9 Å². The molecule has 1 heterocycles. The molecular weight excluding hydrogens is 267 g/mol. The highest BCUT2D eigenvalue weighted by atomic mass is 19.4. The monoisotopic (exact) mass is 287 g/mol. The summed E-state index contributed by atoms with van der Waals surface area (Å²) < 4.78 is 43.5. The number of alkyl halides is 3. The molecular formula is C15H20F3NO. The molecule has 0 spiro atoms. The Bertz CT molecular complexity index is 457. The van der Waals surface area contributed by atoms with E-state index in [1.165, 1.54) is 12.1 Å². The van der Waals surface area contributed by atoms with Crippen LogP contribution in [-0.2, 0) is 10.9 Å². The molecule has 112 valence electrons. The average Bonchev–Trinajstić information content (AvgIpc) is 2.38. The van der Waals surface area contributed by atoms with Crippen molar-refractivity contribution in [1.29, 1.82) is 0 Å². The van der Waals surface area contributed by atoms with Crippen molar-refractivity contribution in [3.63, 3.8) is 0 Å². The van der Waals surface area contributed by atoms with Crippen LogP contribution in [0.4, 0.5) is 13.2 Å². The van der Waals surface area contributed by atoms with Gasteiger partial charge in [-0.15, -0.1) is 0 Å². The van der Waals surface area contributed by atoms with Gasteiger partial charge in [-0.3, -0.25) is 0 Å². The molecule has 2 rings (SSSR count). The van der Waals surface area contributed by atoms with Crippen molar-refractivity contribution in [2.45, 2.75) is 37.4 Å². The van der Waals surface area contributed by atoms with E-state index >= 15 is 0 Å². The zero-order valence-corrected chi connectivity index (χ0v) is 11.8. The molecule has 0 aliphatic carbocycles. The van der Waals surface area contributed by atoms with Gasteiger partial charge < -0.3 is 10.1 Å². The molecule has 1 fully saturated rings. The fourth-order valence-corrected chi connectivity index (χ4v) is 2.95. The van der Waals surface area contributed by atoms with E-state index in [1.54, 1.807) is 13.2 Å². The maximum absolute atomic E-state index is 12.8. The molecule has 2 atom stereocenters. The van der Waals surface area contributed by atoms with Gasteiger partial charge in [0.15, 0.2) is 0 Å². The summed E-state index contributed by atoms with van der Waals surface area (Å²) in [5.74, 6) is 0.138. The van der Waals surface area contributed by atoms with Gasteiger partial charge in [-0.2, -0.15) is 13.2 Å². The number of benzene rings is 1. The average molecular weight is 287 g/mol. The minimum Gasteiger partial charge on any atom is -0.383 e. The lowest BCUT2D eigenvalue weighted by Gasteiger charge is -2.39. The van der Waals surface area contributed by atoms with E-state index in [9.17, 15) is 13.2 Å². The van der Waals surface area contributed by atoms with Crippen LogP contribution in [0.1, 0.15) is 36.8 Å². The third-order valence-electron chi connectivity index (χ3n) is 3.89. The molecule has 0 radical (unpaired) electrons. The summed E-state index contributed by atoms with van der Waals surface area (Å²) in [6, 6.07) is 5.69. The van der Waals surface area contributed by atoms with Crippen LogP contribution in [0.15, 0.2) is 24.3 Å². The molecule has 1 aliphatic heterocycles. The van der Waals surface area contributed by atoms with Crippen LogP contribution >= 0.6 is 0 Å². The first-order valence-corrected chi connectivity index (χ1v) is 6.75. The van der Waals surface area contributed by atoms with E-state index in [4.69, 9.17) is 4.74 Å². The summed E-state index contributed by atoms with van der Waals surface area (Å²) in [5.41, 5.74) is 0.0250. The minimum absolute atomic E-state index is 0.138. The minimum atomic E-state index is -4.28. The van der Waals surface area contributed by atoms with Gasteiger partial charge >= 0.3 is 6.18 Å². The smallest absolute Gasteiger partial charge is 0.383 e. The molecule has 1 N–H and O–H groups in total. The van der Waals surface area contributed by atoms with Gasteiger partial charge in [-0.25, -0.2) is 0 Å². The maximum atomic E-state index is 12.8. The van der Waals surface area contributed by atoms with E-state index in [2.05, 4.69) is 12.2 Å². The molecule has 0 saturated carbocycles. The van der Waals surface area contributed by atoms with Gasteiger partial charge in [-0.1, -0.05) is 18.2 Å². The first-order chi connectivity index (χ1) is 9.34.